The van der Waals surface area contributed by atoms with Gasteiger partial charge in [0.1, 0.15) is 5.82 Å². The molecule has 0 saturated carbocycles. The van der Waals surface area contributed by atoms with E-state index in [4.69, 9.17) is 4.74 Å². The first-order chi connectivity index (χ1) is 7.69. The molecular weight excluding hydrogens is 210 g/mol. The van der Waals surface area contributed by atoms with E-state index in [-0.39, 0.29) is 5.75 Å². The number of unbranched alkanes of at least 4 members (excludes halogenated alkanes) is 1. The smallest absolute Gasteiger partial charge is 0.168 e. The Labute approximate surface area is 94.7 Å². The lowest BCUT2D eigenvalue weighted by molar-refractivity contribution is 0.290. The van der Waals surface area contributed by atoms with Gasteiger partial charge in [-0.25, -0.2) is 8.78 Å². The Morgan fingerprint density at radius 3 is 2.75 bits per heavy atom. The Bertz CT molecular complexity index is 361. The third-order valence-corrected chi connectivity index (χ3v) is 2.19. The van der Waals surface area contributed by atoms with E-state index in [0.29, 0.717) is 18.6 Å². The number of rotatable bonds is 6. The van der Waals surface area contributed by atoms with E-state index in [9.17, 15) is 8.78 Å². The van der Waals surface area contributed by atoms with E-state index in [1.807, 2.05) is 6.92 Å². The summed E-state index contributed by atoms with van der Waals surface area (Å²) in [4.78, 5) is 0. The second-order valence-corrected chi connectivity index (χ2v) is 3.57. The van der Waals surface area contributed by atoms with Crippen molar-refractivity contribution in [2.45, 2.75) is 26.2 Å². The van der Waals surface area contributed by atoms with Gasteiger partial charge in [-0.15, -0.1) is 6.58 Å². The van der Waals surface area contributed by atoms with E-state index >= 15 is 0 Å². The molecule has 0 heterocycles. The number of hydrogen-bond acceptors (Lipinski definition) is 1. The van der Waals surface area contributed by atoms with Crippen molar-refractivity contribution >= 4 is 0 Å². The van der Waals surface area contributed by atoms with Crippen molar-refractivity contribution in [3.63, 3.8) is 0 Å². The fraction of sp³-hybridized carbons (Fsp3) is 0.385. The van der Waals surface area contributed by atoms with Crippen LogP contribution in [0.15, 0.2) is 24.8 Å². The molecule has 0 unspecified atom stereocenters. The standard InChI is InChI=1S/C13H16F2O/c1-3-5-7-16-13-10(6-4-2)8-11(14)9-12(13)15/h4,8-9H,2-3,5-7H2,1H3. The van der Waals surface area contributed by atoms with Gasteiger partial charge in [0.15, 0.2) is 11.6 Å². The Morgan fingerprint density at radius 2 is 2.12 bits per heavy atom. The van der Waals surface area contributed by atoms with Crippen LogP contribution >= 0.6 is 0 Å². The molecule has 16 heavy (non-hydrogen) atoms. The molecule has 1 nitrogen and oxygen atoms in total. The minimum absolute atomic E-state index is 0.148. The number of halogens is 2. The summed E-state index contributed by atoms with van der Waals surface area (Å²) in [5.74, 6) is -1.08. The molecule has 0 atom stereocenters. The van der Waals surface area contributed by atoms with Crippen molar-refractivity contribution in [3.8, 4) is 5.75 Å². The van der Waals surface area contributed by atoms with Crippen molar-refractivity contribution in [2.75, 3.05) is 6.61 Å². The van der Waals surface area contributed by atoms with Gasteiger partial charge in [-0.2, -0.15) is 0 Å². The summed E-state index contributed by atoms with van der Waals surface area (Å²) in [5, 5.41) is 0. The Balaban J connectivity index is 2.89. The third kappa shape index (κ3) is 3.33. The predicted molar refractivity (Wildman–Crippen MR) is 60.7 cm³/mol. The zero-order chi connectivity index (χ0) is 12.0. The summed E-state index contributed by atoms with van der Waals surface area (Å²) in [5.41, 5.74) is 0.503. The van der Waals surface area contributed by atoms with Crippen LogP contribution in [0.5, 0.6) is 5.75 Å². The largest absolute Gasteiger partial charge is 0.490 e. The lowest BCUT2D eigenvalue weighted by Gasteiger charge is -2.11. The molecule has 0 bridgehead atoms. The van der Waals surface area contributed by atoms with Gasteiger partial charge in [0.25, 0.3) is 0 Å². The zero-order valence-corrected chi connectivity index (χ0v) is 9.43. The van der Waals surface area contributed by atoms with Crippen molar-refractivity contribution in [2.24, 2.45) is 0 Å². The lowest BCUT2D eigenvalue weighted by Crippen LogP contribution is -2.02. The molecule has 0 fully saturated rings. The molecule has 1 aromatic rings. The molecule has 0 aromatic heterocycles. The van der Waals surface area contributed by atoms with Crippen LogP contribution in [-0.4, -0.2) is 6.61 Å². The van der Waals surface area contributed by atoms with Gasteiger partial charge < -0.3 is 4.74 Å². The SMILES string of the molecule is C=CCc1cc(F)cc(F)c1OCCCC. The molecule has 88 valence electrons. The van der Waals surface area contributed by atoms with Gasteiger partial charge in [-0.05, 0) is 18.9 Å². The van der Waals surface area contributed by atoms with Gasteiger partial charge in [0, 0.05) is 11.6 Å². The van der Waals surface area contributed by atoms with E-state index in [0.717, 1.165) is 18.9 Å². The van der Waals surface area contributed by atoms with Gasteiger partial charge >= 0.3 is 0 Å². The highest BCUT2D eigenvalue weighted by molar-refractivity contribution is 5.36. The van der Waals surface area contributed by atoms with Gasteiger partial charge in [0.05, 0.1) is 6.61 Å². The van der Waals surface area contributed by atoms with Crippen LogP contribution in [0, 0.1) is 11.6 Å². The average Bonchev–Trinajstić information content (AvgIpc) is 2.22. The Kier molecular flexibility index (Phi) is 4.96. The van der Waals surface area contributed by atoms with Crippen LogP contribution in [0.3, 0.4) is 0 Å². The van der Waals surface area contributed by atoms with Crippen LogP contribution in [0.1, 0.15) is 25.3 Å². The molecule has 0 spiro atoms. The summed E-state index contributed by atoms with van der Waals surface area (Å²) in [7, 11) is 0. The number of hydrogen-bond donors (Lipinski definition) is 0. The fourth-order valence-electron chi connectivity index (χ4n) is 1.40. The normalized spacial score (nSPS) is 10.2. The highest BCUT2D eigenvalue weighted by atomic mass is 19.1. The molecular formula is C13H16F2O. The summed E-state index contributed by atoms with van der Waals surface area (Å²) >= 11 is 0. The molecule has 1 aromatic carbocycles. The van der Waals surface area contributed by atoms with Crippen LogP contribution in [0.2, 0.25) is 0 Å². The van der Waals surface area contributed by atoms with E-state index in [1.54, 1.807) is 6.08 Å². The van der Waals surface area contributed by atoms with Crippen LogP contribution in [0.4, 0.5) is 8.78 Å². The molecule has 3 heteroatoms. The van der Waals surface area contributed by atoms with E-state index in [2.05, 4.69) is 6.58 Å². The first-order valence-corrected chi connectivity index (χ1v) is 5.40. The first-order valence-electron chi connectivity index (χ1n) is 5.40. The minimum Gasteiger partial charge on any atom is -0.490 e. The minimum atomic E-state index is -0.645. The Hall–Kier alpha value is -1.38. The van der Waals surface area contributed by atoms with Crippen molar-refractivity contribution in [3.05, 3.63) is 42.0 Å². The summed E-state index contributed by atoms with van der Waals surface area (Å²) < 4.78 is 31.8. The van der Waals surface area contributed by atoms with Gasteiger partial charge in [0.2, 0.25) is 0 Å². The van der Waals surface area contributed by atoms with Crippen molar-refractivity contribution in [1.29, 1.82) is 0 Å². The van der Waals surface area contributed by atoms with Crippen molar-refractivity contribution in [1.82, 2.24) is 0 Å². The molecule has 1 rings (SSSR count). The monoisotopic (exact) mass is 226 g/mol. The number of benzene rings is 1. The zero-order valence-electron chi connectivity index (χ0n) is 9.43. The molecule has 0 aliphatic heterocycles. The molecule has 0 radical (unpaired) electrons. The average molecular weight is 226 g/mol. The molecule has 0 N–H and O–H groups in total. The van der Waals surface area contributed by atoms with Crippen LogP contribution in [0.25, 0.3) is 0 Å². The number of allylic oxidation sites excluding steroid dienone is 1. The maximum Gasteiger partial charge on any atom is 0.168 e. The Morgan fingerprint density at radius 1 is 1.38 bits per heavy atom. The third-order valence-electron chi connectivity index (χ3n) is 2.19. The maximum absolute atomic E-state index is 13.5. The molecule has 0 amide bonds. The second-order valence-electron chi connectivity index (χ2n) is 3.57. The van der Waals surface area contributed by atoms with Crippen molar-refractivity contribution < 1.29 is 13.5 Å². The predicted octanol–water partition coefficient (Wildman–Crippen LogP) is 3.87. The van der Waals surface area contributed by atoms with Crippen LogP contribution < -0.4 is 4.74 Å². The van der Waals surface area contributed by atoms with E-state index in [1.165, 1.54) is 6.07 Å². The summed E-state index contributed by atoms with van der Waals surface area (Å²) in [6.07, 6.45) is 3.82. The van der Waals surface area contributed by atoms with Crippen LogP contribution in [-0.2, 0) is 6.42 Å². The quantitative estimate of drug-likeness (QED) is 0.528. The highest BCUT2D eigenvalue weighted by Crippen LogP contribution is 2.25. The molecule has 0 aliphatic carbocycles. The van der Waals surface area contributed by atoms with E-state index < -0.39 is 11.6 Å². The molecule has 0 saturated heterocycles. The number of ether oxygens (including phenoxy) is 1. The fourth-order valence-corrected chi connectivity index (χ4v) is 1.40. The summed E-state index contributed by atoms with van der Waals surface area (Å²) in [6.45, 7) is 6.02. The van der Waals surface area contributed by atoms with Gasteiger partial charge in [-0.1, -0.05) is 19.4 Å². The van der Waals surface area contributed by atoms with Gasteiger partial charge in [-0.3, -0.25) is 0 Å². The second kappa shape index (κ2) is 6.26. The first kappa shape index (κ1) is 12.7. The topological polar surface area (TPSA) is 9.23 Å². The lowest BCUT2D eigenvalue weighted by atomic mass is 10.1. The molecule has 0 aliphatic rings. The highest BCUT2D eigenvalue weighted by Gasteiger charge is 2.11. The maximum atomic E-state index is 13.5. The summed E-state index contributed by atoms with van der Waals surface area (Å²) in [6, 6.07) is 2.12.